The molecule has 0 aliphatic carbocycles. The Hall–Kier alpha value is -3.50. The number of benzene rings is 2. The van der Waals surface area contributed by atoms with E-state index in [4.69, 9.17) is 4.74 Å². The number of aryl methyl sites for hydroxylation is 1. The third-order valence-corrected chi connectivity index (χ3v) is 6.71. The van der Waals surface area contributed by atoms with Crippen LogP contribution in [0, 0.1) is 12.7 Å². The number of carbonyl (C=O) groups excluding carboxylic acids is 2. The molecular weight excluding hydrogens is 477 g/mol. The molecule has 0 unspecified atom stereocenters. The first-order chi connectivity index (χ1) is 16.4. The fourth-order valence-corrected chi connectivity index (χ4v) is 4.93. The van der Waals surface area contributed by atoms with Crippen molar-refractivity contribution in [2.24, 2.45) is 0 Å². The number of hydrogen-bond acceptors (Lipinski definition) is 7. The van der Waals surface area contributed by atoms with Gasteiger partial charge in [-0.25, -0.2) is 14.2 Å². The molecule has 0 spiro atoms. The number of para-hydroxylation sites is 1. The maximum atomic E-state index is 13.7. The van der Waals surface area contributed by atoms with Crippen LogP contribution in [0.25, 0.3) is 15.9 Å². The van der Waals surface area contributed by atoms with Crippen molar-refractivity contribution in [2.75, 3.05) is 17.7 Å². The average molecular weight is 498 g/mol. The number of carbonyl (C=O) groups is 2. The third kappa shape index (κ3) is 4.87. The van der Waals surface area contributed by atoms with E-state index in [0.717, 1.165) is 11.8 Å². The van der Waals surface area contributed by atoms with Gasteiger partial charge in [-0.15, -0.1) is 11.3 Å². The molecule has 0 saturated heterocycles. The second-order valence-electron chi connectivity index (χ2n) is 7.20. The Morgan fingerprint density at radius 2 is 2.00 bits per heavy atom. The van der Waals surface area contributed by atoms with Crippen molar-refractivity contribution in [2.45, 2.75) is 19.0 Å². The maximum Gasteiger partial charge on any atom is 0.340 e. The molecule has 2 heterocycles. The summed E-state index contributed by atoms with van der Waals surface area (Å²) in [7, 11) is 0. The van der Waals surface area contributed by atoms with Gasteiger partial charge in [0.05, 0.1) is 34.8 Å². The number of thiophene rings is 1. The lowest BCUT2D eigenvalue weighted by Crippen LogP contribution is -2.23. The van der Waals surface area contributed by atoms with Crippen LogP contribution in [0.5, 0.6) is 0 Å². The Bertz CT molecular complexity index is 1450. The molecular formula is C24H20FN3O4S2. The molecule has 0 fully saturated rings. The minimum atomic E-state index is -0.531. The standard InChI is InChI=1S/C24H20FN3O4S2/c1-3-32-23(31)16-6-4-5-7-17(16)26-20(29)13-34-24-27-18-10-11-33-21(18)22(30)28(24)19-9-8-15(25)12-14(19)2/h4-12H,3,13H2,1-2H3,(H,26,29). The molecule has 34 heavy (non-hydrogen) atoms. The predicted molar refractivity (Wildman–Crippen MR) is 132 cm³/mol. The van der Waals surface area contributed by atoms with Crippen LogP contribution < -0.4 is 10.9 Å². The van der Waals surface area contributed by atoms with Gasteiger partial charge in [0.2, 0.25) is 5.91 Å². The highest BCUT2D eigenvalue weighted by Gasteiger charge is 2.18. The number of amides is 1. The third-order valence-electron chi connectivity index (χ3n) is 4.88. The lowest BCUT2D eigenvalue weighted by Gasteiger charge is -2.14. The van der Waals surface area contributed by atoms with Crippen LogP contribution in [0.2, 0.25) is 0 Å². The van der Waals surface area contributed by atoms with Crippen molar-refractivity contribution in [3.8, 4) is 5.69 Å². The molecule has 10 heteroatoms. The molecule has 1 N–H and O–H groups in total. The summed E-state index contributed by atoms with van der Waals surface area (Å²) >= 11 is 2.35. The van der Waals surface area contributed by atoms with E-state index in [9.17, 15) is 18.8 Å². The van der Waals surface area contributed by atoms with Crippen molar-refractivity contribution in [3.05, 3.63) is 81.2 Å². The van der Waals surface area contributed by atoms with Gasteiger partial charge in [-0.05, 0) is 61.2 Å². The van der Waals surface area contributed by atoms with Crippen LogP contribution >= 0.6 is 23.1 Å². The summed E-state index contributed by atoms with van der Waals surface area (Å²) in [6, 6.07) is 12.4. The highest BCUT2D eigenvalue weighted by Crippen LogP contribution is 2.26. The topological polar surface area (TPSA) is 90.3 Å². The van der Waals surface area contributed by atoms with Crippen molar-refractivity contribution < 1.29 is 18.7 Å². The van der Waals surface area contributed by atoms with Crippen LogP contribution in [-0.4, -0.2) is 33.8 Å². The number of hydrogen-bond donors (Lipinski definition) is 1. The minimum Gasteiger partial charge on any atom is -0.462 e. The first kappa shape index (κ1) is 23.7. The lowest BCUT2D eigenvalue weighted by atomic mass is 10.2. The van der Waals surface area contributed by atoms with E-state index in [2.05, 4.69) is 10.3 Å². The molecule has 0 saturated carbocycles. The zero-order chi connectivity index (χ0) is 24.2. The highest BCUT2D eigenvalue weighted by molar-refractivity contribution is 7.99. The second-order valence-corrected chi connectivity index (χ2v) is 9.06. The largest absolute Gasteiger partial charge is 0.462 e. The zero-order valence-electron chi connectivity index (χ0n) is 18.3. The first-order valence-electron chi connectivity index (χ1n) is 10.3. The van der Waals surface area contributed by atoms with Gasteiger partial charge in [0.15, 0.2) is 5.16 Å². The maximum absolute atomic E-state index is 13.7. The molecule has 0 bridgehead atoms. The van der Waals surface area contributed by atoms with E-state index < -0.39 is 11.8 Å². The number of aromatic nitrogens is 2. The SMILES string of the molecule is CCOC(=O)c1ccccc1NC(=O)CSc1nc2ccsc2c(=O)n1-c1ccc(F)cc1C. The van der Waals surface area contributed by atoms with Crippen molar-refractivity contribution >= 4 is 50.9 Å². The van der Waals surface area contributed by atoms with Crippen LogP contribution in [0.1, 0.15) is 22.8 Å². The molecule has 2 aromatic carbocycles. The Morgan fingerprint density at radius 3 is 2.76 bits per heavy atom. The summed E-state index contributed by atoms with van der Waals surface area (Å²) in [6.07, 6.45) is 0. The monoisotopic (exact) mass is 497 g/mol. The number of ether oxygens (including phenoxy) is 1. The Morgan fingerprint density at radius 1 is 1.21 bits per heavy atom. The molecule has 4 rings (SSSR count). The summed E-state index contributed by atoms with van der Waals surface area (Å²) in [5.41, 5.74) is 1.88. The Labute approximate surface area is 202 Å². The van der Waals surface area contributed by atoms with Gasteiger partial charge in [-0.3, -0.25) is 14.2 Å². The van der Waals surface area contributed by atoms with E-state index >= 15 is 0 Å². The van der Waals surface area contributed by atoms with E-state index in [1.807, 2.05) is 0 Å². The fourth-order valence-electron chi connectivity index (χ4n) is 3.37. The number of anilines is 1. The van der Waals surface area contributed by atoms with Gasteiger partial charge >= 0.3 is 5.97 Å². The molecule has 7 nitrogen and oxygen atoms in total. The fraction of sp³-hybridized carbons (Fsp3) is 0.167. The van der Waals surface area contributed by atoms with Gasteiger partial charge in [0.25, 0.3) is 5.56 Å². The van der Waals surface area contributed by atoms with E-state index in [0.29, 0.717) is 32.3 Å². The van der Waals surface area contributed by atoms with Crippen LogP contribution in [0.4, 0.5) is 10.1 Å². The quantitative estimate of drug-likeness (QED) is 0.224. The second kappa shape index (κ2) is 10.2. The molecule has 174 valence electrons. The van der Waals surface area contributed by atoms with Crippen molar-refractivity contribution in [3.63, 3.8) is 0 Å². The van der Waals surface area contributed by atoms with Crippen molar-refractivity contribution in [1.29, 1.82) is 0 Å². The van der Waals surface area contributed by atoms with E-state index in [-0.39, 0.29) is 29.4 Å². The minimum absolute atomic E-state index is 0.0700. The number of rotatable bonds is 7. The van der Waals surface area contributed by atoms with Crippen LogP contribution in [0.15, 0.2) is 63.9 Å². The van der Waals surface area contributed by atoms with Gasteiger partial charge < -0.3 is 10.1 Å². The Kier molecular flexibility index (Phi) is 7.09. The number of nitrogens with zero attached hydrogens (tertiary/aromatic N) is 2. The molecule has 0 aliphatic heterocycles. The molecule has 2 aromatic heterocycles. The van der Waals surface area contributed by atoms with Gasteiger partial charge in [-0.2, -0.15) is 0 Å². The zero-order valence-corrected chi connectivity index (χ0v) is 20.0. The number of nitrogens with one attached hydrogen (secondary N) is 1. The molecule has 0 radical (unpaired) electrons. The average Bonchev–Trinajstić information content (AvgIpc) is 3.28. The Balaban J connectivity index is 1.63. The number of fused-ring (bicyclic) bond motifs is 1. The number of esters is 1. The van der Waals surface area contributed by atoms with Gasteiger partial charge in [0, 0.05) is 0 Å². The lowest BCUT2D eigenvalue weighted by molar-refractivity contribution is -0.113. The number of halogens is 1. The van der Waals surface area contributed by atoms with Gasteiger partial charge in [-0.1, -0.05) is 23.9 Å². The predicted octanol–water partition coefficient (Wildman–Crippen LogP) is 4.80. The van der Waals surface area contributed by atoms with E-state index in [1.54, 1.807) is 49.6 Å². The molecule has 0 atom stereocenters. The van der Waals surface area contributed by atoms with Crippen molar-refractivity contribution in [1.82, 2.24) is 9.55 Å². The normalized spacial score (nSPS) is 10.9. The summed E-state index contributed by atoms with van der Waals surface area (Å²) in [6.45, 7) is 3.63. The summed E-state index contributed by atoms with van der Waals surface area (Å²) < 4.78 is 20.6. The summed E-state index contributed by atoms with van der Waals surface area (Å²) in [4.78, 5) is 42.7. The highest BCUT2D eigenvalue weighted by atomic mass is 32.2. The molecule has 4 aromatic rings. The summed E-state index contributed by atoms with van der Waals surface area (Å²) in [5.74, 6) is -1.40. The van der Waals surface area contributed by atoms with Crippen LogP contribution in [0.3, 0.4) is 0 Å². The smallest absolute Gasteiger partial charge is 0.340 e. The van der Waals surface area contributed by atoms with E-state index in [1.165, 1.54) is 34.1 Å². The number of thioether (sulfide) groups is 1. The van der Waals surface area contributed by atoms with Gasteiger partial charge in [0.1, 0.15) is 10.5 Å². The molecule has 0 aliphatic rings. The summed E-state index contributed by atoms with van der Waals surface area (Å²) in [5, 5.41) is 4.80. The first-order valence-corrected chi connectivity index (χ1v) is 12.2. The van der Waals surface area contributed by atoms with Crippen LogP contribution in [-0.2, 0) is 9.53 Å². The molecule has 1 amide bonds.